The fourth-order valence-electron chi connectivity index (χ4n) is 0.925. The molecule has 2 N–H and O–H groups in total. The van der Waals surface area contributed by atoms with E-state index in [0.29, 0.717) is 0 Å². The zero-order valence-electron chi connectivity index (χ0n) is 7.94. The Kier molecular flexibility index (Phi) is 16.4. The van der Waals surface area contributed by atoms with Crippen LogP contribution in [0, 0.1) is 0 Å². The lowest BCUT2D eigenvalue weighted by atomic mass is 10.1. The summed E-state index contributed by atoms with van der Waals surface area (Å²) in [7, 11) is 0. The first kappa shape index (κ1) is 13.3. The number of nitrogens with two attached hydrogens (primary N) is 1. The fourth-order valence-corrected chi connectivity index (χ4v) is 0.925. The van der Waals surface area contributed by atoms with Gasteiger partial charge >= 0.3 is 1.43 Å². The third-order valence-electron chi connectivity index (χ3n) is 1.56. The van der Waals surface area contributed by atoms with Gasteiger partial charge in [-0.05, 0) is 13.0 Å². The van der Waals surface area contributed by atoms with Crippen molar-refractivity contribution in [1.29, 1.82) is 0 Å². The van der Waals surface area contributed by atoms with Crippen molar-refractivity contribution in [3.8, 4) is 0 Å². The first-order chi connectivity index (χ1) is 4.41. The zero-order valence-corrected chi connectivity index (χ0v) is 9.27. The third-order valence-corrected chi connectivity index (χ3v) is 1.56. The van der Waals surface area contributed by atoms with E-state index in [1.807, 2.05) is 0 Å². The van der Waals surface area contributed by atoms with E-state index in [9.17, 15) is 0 Å². The Labute approximate surface area is 83.3 Å². The molecule has 0 aliphatic heterocycles. The van der Waals surface area contributed by atoms with Gasteiger partial charge in [0.25, 0.3) is 0 Å². The van der Waals surface area contributed by atoms with E-state index in [2.05, 4.69) is 6.92 Å². The Morgan fingerprint density at radius 3 is 2.00 bits per heavy atom. The largest absolute Gasteiger partial charge is 1.00 e. The Morgan fingerprint density at radius 1 is 1.00 bits per heavy atom. The van der Waals surface area contributed by atoms with Gasteiger partial charge in [-0.2, -0.15) is 0 Å². The van der Waals surface area contributed by atoms with Crippen LogP contribution in [0.25, 0.3) is 0 Å². The second-order valence-electron chi connectivity index (χ2n) is 2.56. The van der Waals surface area contributed by atoms with Crippen molar-refractivity contribution < 1.29 is 1.43 Å². The van der Waals surface area contributed by atoms with Crippen molar-refractivity contribution in [1.82, 2.24) is 0 Å². The summed E-state index contributed by atoms with van der Waals surface area (Å²) < 4.78 is 0. The minimum Gasteiger partial charge on any atom is -0.330 e. The molecule has 0 aliphatic rings. The van der Waals surface area contributed by atoms with Gasteiger partial charge in [0.05, 0.1) is 0 Å². The Bertz CT molecular complexity index is 47.4. The van der Waals surface area contributed by atoms with E-state index in [-0.39, 0.29) is 25.4 Å². The van der Waals surface area contributed by atoms with Crippen LogP contribution in [0.1, 0.15) is 46.9 Å². The van der Waals surface area contributed by atoms with E-state index in [4.69, 9.17) is 5.73 Å². The second-order valence-corrected chi connectivity index (χ2v) is 2.56. The van der Waals surface area contributed by atoms with Gasteiger partial charge in [-0.1, -0.05) is 39.0 Å². The van der Waals surface area contributed by atoms with Crippen LogP contribution in [0.15, 0.2) is 0 Å². The SMILES string of the molecule is CCCCCCCCN.I.[H+]. The molecule has 2 heteroatoms. The summed E-state index contributed by atoms with van der Waals surface area (Å²) >= 11 is 0. The van der Waals surface area contributed by atoms with Gasteiger partial charge in [0.2, 0.25) is 0 Å². The van der Waals surface area contributed by atoms with Gasteiger partial charge < -0.3 is 5.73 Å². The molecule has 10 heavy (non-hydrogen) atoms. The number of rotatable bonds is 6. The highest BCUT2D eigenvalue weighted by molar-refractivity contribution is 14.0. The minimum atomic E-state index is 0. The van der Waals surface area contributed by atoms with Gasteiger partial charge in [-0.3, -0.25) is 0 Å². The summed E-state index contributed by atoms with van der Waals surface area (Å²) in [5.74, 6) is 0. The Hall–Kier alpha value is 0.690. The van der Waals surface area contributed by atoms with Crippen LogP contribution < -0.4 is 5.73 Å². The van der Waals surface area contributed by atoms with Gasteiger partial charge in [-0.15, -0.1) is 24.0 Å². The van der Waals surface area contributed by atoms with Gasteiger partial charge in [0.1, 0.15) is 0 Å². The highest BCUT2D eigenvalue weighted by atomic mass is 127. The molecular weight excluding hydrogens is 237 g/mol. The highest BCUT2D eigenvalue weighted by Crippen LogP contribution is 2.03. The molecule has 0 atom stereocenters. The molecule has 0 saturated carbocycles. The number of unbranched alkanes of at least 4 members (excludes halogenated alkanes) is 5. The molecule has 0 radical (unpaired) electrons. The zero-order chi connectivity index (χ0) is 6.95. The van der Waals surface area contributed by atoms with E-state index >= 15 is 0 Å². The molecule has 0 fully saturated rings. The summed E-state index contributed by atoms with van der Waals surface area (Å²) in [6.07, 6.45) is 8.05. The molecule has 64 valence electrons. The summed E-state index contributed by atoms with van der Waals surface area (Å²) in [6.45, 7) is 3.11. The van der Waals surface area contributed by atoms with Crippen LogP contribution in [-0.2, 0) is 0 Å². The maximum Gasteiger partial charge on any atom is 1.00 e. The van der Waals surface area contributed by atoms with E-state index in [1.54, 1.807) is 0 Å². The van der Waals surface area contributed by atoms with Crippen LogP contribution >= 0.6 is 24.0 Å². The molecule has 0 rings (SSSR count). The van der Waals surface area contributed by atoms with E-state index in [0.717, 1.165) is 6.54 Å². The topological polar surface area (TPSA) is 26.0 Å². The number of hydrogen-bond acceptors (Lipinski definition) is 1. The molecule has 1 nitrogen and oxygen atoms in total. The molecule has 0 aromatic carbocycles. The molecule has 0 amide bonds. The molecule has 0 spiro atoms. The Balaban J connectivity index is -0.000000320. The summed E-state index contributed by atoms with van der Waals surface area (Å²) in [5.41, 5.74) is 5.34. The molecule has 0 aliphatic carbocycles. The minimum absolute atomic E-state index is 0. The Morgan fingerprint density at radius 2 is 1.50 bits per heavy atom. The average Bonchev–Trinajstić information content (AvgIpc) is 1.89. The lowest BCUT2D eigenvalue weighted by Gasteiger charge is -1.96. The third kappa shape index (κ3) is 11.5. The fraction of sp³-hybridized carbons (Fsp3) is 1.00. The molecule has 0 heterocycles. The van der Waals surface area contributed by atoms with Crippen LogP contribution in [-0.4, -0.2) is 6.54 Å². The van der Waals surface area contributed by atoms with Crippen molar-refractivity contribution in [3.05, 3.63) is 0 Å². The average molecular weight is 258 g/mol. The van der Waals surface area contributed by atoms with Gasteiger partial charge in [-0.25, -0.2) is 0 Å². The van der Waals surface area contributed by atoms with Crippen molar-refractivity contribution in [2.45, 2.75) is 45.4 Å². The molecule has 0 saturated heterocycles. The van der Waals surface area contributed by atoms with Crippen LogP contribution in [0.2, 0.25) is 0 Å². The predicted molar refractivity (Wildman–Crippen MR) is 59.0 cm³/mol. The molecule has 0 aromatic rings. The first-order valence-electron chi connectivity index (χ1n) is 4.12. The lowest BCUT2D eigenvalue weighted by molar-refractivity contribution is 0.612. The number of hydrogen-bond donors (Lipinski definition) is 1. The first-order valence-corrected chi connectivity index (χ1v) is 4.12. The normalized spacial score (nSPS) is 9.00. The van der Waals surface area contributed by atoms with Gasteiger partial charge in [0, 0.05) is 0 Å². The quantitative estimate of drug-likeness (QED) is 0.575. The smallest absolute Gasteiger partial charge is 0.330 e. The predicted octanol–water partition coefficient (Wildman–Crippen LogP) is 3.04. The van der Waals surface area contributed by atoms with Crippen molar-refractivity contribution in [3.63, 3.8) is 0 Å². The summed E-state index contributed by atoms with van der Waals surface area (Å²) in [6, 6.07) is 0. The summed E-state index contributed by atoms with van der Waals surface area (Å²) in [5, 5.41) is 0. The highest BCUT2D eigenvalue weighted by Gasteiger charge is 1.85. The van der Waals surface area contributed by atoms with Crippen molar-refractivity contribution in [2.75, 3.05) is 6.54 Å². The maximum atomic E-state index is 5.34. The molecule has 0 unspecified atom stereocenters. The monoisotopic (exact) mass is 258 g/mol. The lowest BCUT2D eigenvalue weighted by Crippen LogP contribution is -1.97. The molecule has 0 aromatic heterocycles. The van der Waals surface area contributed by atoms with Crippen LogP contribution in [0.4, 0.5) is 0 Å². The second kappa shape index (κ2) is 12.4. The van der Waals surface area contributed by atoms with Gasteiger partial charge in [0.15, 0.2) is 0 Å². The van der Waals surface area contributed by atoms with Crippen molar-refractivity contribution >= 4 is 24.0 Å². The summed E-state index contributed by atoms with van der Waals surface area (Å²) in [4.78, 5) is 0. The number of halogens is 1. The standard InChI is InChI=1S/C8H19N.HI/c1-2-3-4-5-6-7-8-9;/h2-9H2,1H3;1H/p+1. The molecule has 0 bridgehead atoms. The van der Waals surface area contributed by atoms with Crippen LogP contribution in [0.5, 0.6) is 0 Å². The maximum absolute atomic E-state index is 5.34. The van der Waals surface area contributed by atoms with E-state index in [1.165, 1.54) is 38.5 Å². The molecular formula is C8H21IN+. The van der Waals surface area contributed by atoms with Crippen LogP contribution in [0.3, 0.4) is 0 Å². The van der Waals surface area contributed by atoms with E-state index < -0.39 is 0 Å². The van der Waals surface area contributed by atoms with Crippen molar-refractivity contribution in [2.24, 2.45) is 5.73 Å².